The van der Waals surface area contributed by atoms with Gasteiger partial charge in [0.1, 0.15) is 0 Å². The lowest BCUT2D eigenvalue weighted by Gasteiger charge is -2.00. The normalized spacial score (nSPS) is 11.1. The summed E-state index contributed by atoms with van der Waals surface area (Å²) in [5, 5.41) is 3.98. The molecule has 1 heterocycles. The van der Waals surface area contributed by atoms with E-state index in [1.165, 1.54) is 11.1 Å². The van der Waals surface area contributed by atoms with Crippen molar-refractivity contribution in [3.8, 4) is 0 Å². The van der Waals surface area contributed by atoms with Crippen LogP contribution in [0.2, 0.25) is 0 Å². The SMILES string of the molecule is Cc1ccc(/C=C/C(=O)c2cnn(C)c2)cc1C. The van der Waals surface area contributed by atoms with Gasteiger partial charge in [0.25, 0.3) is 0 Å². The molecule has 0 radical (unpaired) electrons. The summed E-state index contributed by atoms with van der Waals surface area (Å²) in [5.74, 6) is -0.0265. The van der Waals surface area contributed by atoms with Crippen LogP contribution in [0.5, 0.6) is 0 Å². The van der Waals surface area contributed by atoms with E-state index in [9.17, 15) is 4.79 Å². The van der Waals surface area contributed by atoms with Crippen LogP contribution in [0, 0.1) is 13.8 Å². The van der Waals surface area contributed by atoms with Crippen LogP contribution in [0.4, 0.5) is 0 Å². The van der Waals surface area contributed by atoms with Crippen LogP contribution in [0.3, 0.4) is 0 Å². The molecule has 0 aliphatic carbocycles. The van der Waals surface area contributed by atoms with Crippen LogP contribution in [0.25, 0.3) is 6.08 Å². The predicted octanol–water partition coefficient (Wildman–Crippen LogP) is 2.93. The average Bonchev–Trinajstić information content (AvgIpc) is 2.77. The van der Waals surface area contributed by atoms with Gasteiger partial charge in [-0.3, -0.25) is 9.48 Å². The van der Waals surface area contributed by atoms with Crippen LogP contribution in [0.15, 0.2) is 36.7 Å². The third kappa shape index (κ3) is 2.74. The van der Waals surface area contributed by atoms with E-state index in [0.29, 0.717) is 5.56 Å². The van der Waals surface area contributed by atoms with Crippen molar-refractivity contribution in [2.75, 3.05) is 0 Å². The largest absolute Gasteiger partial charge is 0.289 e. The zero-order valence-electron chi connectivity index (χ0n) is 10.8. The molecule has 92 valence electrons. The van der Waals surface area contributed by atoms with Crippen LogP contribution >= 0.6 is 0 Å². The fourth-order valence-corrected chi connectivity index (χ4v) is 1.68. The molecule has 18 heavy (non-hydrogen) atoms. The number of allylic oxidation sites excluding steroid dienone is 1. The van der Waals surface area contributed by atoms with Crippen LogP contribution in [-0.4, -0.2) is 15.6 Å². The first-order chi connectivity index (χ1) is 8.56. The summed E-state index contributed by atoms with van der Waals surface area (Å²) in [6.45, 7) is 4.14. The third-order valence-corrected chi connectivity index (χ3v) is 2.95. The molecule has 0 saturated heterocycles. The van der Waals surface area contributed by atoms with E-state index in [-0.39, 0.29) is 5.78 Å². The summed E-state index contributed by atoms with van der Waals surface area (Å²) in [4.78, 5) is 11.8. The highest BCUT2D eigenvalue weighted by Gasteiger charge is 2.03. The first-order valence-electron chi connectivity index (χ1n) is 5.84. The maximum Gasteiger partial charge on any atom is 0.189 e. The molecule has 3 heteroatoms. The zero-order chi connectivity index (χ0) is 13.1. The molecule has 0 amide bonds. The lowest BCUT2D eigenvalue weighted by Crippen LogP contribution is -1.92. The second-order valence-electron chi connectivity index (χ2n) is 4.44. The van der Waals surface area contributed by atoms with E-state index < -0.39 is 0 Å². The lowest BCUT2D eigenvalue weighted by molar-refractivity contribution is 0.104. The maximum atomic E-state index is 11.8. The molecule has 3 nitrogen and oxygen atoms in total. The molecular weight excluding hydrogens is 224 g/mol. The van der Waals surface area contributed by atoms with Gasteiger partial charge in [-0.05, 0) is 36.6 Å². The van der Waals surface area contributed by atoms with E-state index in [1.54, 1.807) is 30.2 Å². The number of hydrogen-bond acceptors (Lipinski definition) is 2. The first-order valence-corrected chi connectivity index (χ1v) is 5.84. The summed E-state index contributed by atoms with van der Waals surface area (Å²) in [7, 11) is 1.80. The number of carbonyl (C=O) groups is 1. The van der Waals surface area contributed by atoms with Gasteiger partial charge in [0.05, 0.1) is 11.8 Å². The van der Waals surface area contributed by atoms with E-state index in [1.807, 2.05) is 12.1 Å². The lowest BCUT2D eigenvalue weighted by atomic mass is 10.1. The van der Waals surface area contributed by atoms with E-state index in [2.05, 4.69) is 31.1 Å². The van der Waals surface area contributed by atoms with Gasteiger partial charge >= 0.3 is 0 Å². The molecule has 2 aromatic rings. The van der Waals surface area contributed by atoms with Gasteiger partial charge in [-0.2, -0.15) is 5.10 Å². The Morgan fingerprint density at radius 3 is 2.67 bits per heavy atom. The summed E-state index contributed by atoms with van der Waals surface area (Å²) < 4.78 is 1.62. The van der Waals surface area contributed by atoms with Crippen molar-refractivity contribution in [2.24, 2.45) is 7.05 Å². The number of rotatable bonds is 3. The Morgan fingerprint density at radius 2 is 2.06 bits per heavy atom. The molecule has 0 atom stereocenters. The van der Waals surface area contributed by atoms with Crippen molar-refractivity contribution in [1.29, 1.82) is 0 Å². The molecule has 1 aromatic heterocycles. The van der Waals surface area contributed by atoms with E-state index >= 15 is 0 Å². The Labute approximate surface area is 107 Å². The second-order valence-corrected chi connectivity index (χ2v) is 4.44. The number of hydrogen-bond donors (Lipinski definition) is 0. The minimum absolute atomic E-state index is 0.0265. The Balaban J connectivity index is 2.15. The quantitative estimate of drug-likeness (QED) is 0.610. The Bertz CT molecular complexity index is 609. The molecule has 1 aromatic carbocycles. The zero-order valence-corrected chi connectivity index (χ0v) is 10.8. The molecule has 0 spiro atoms. The fraction of sp³-hybridized carbons (Fsp3) is 0.200. The standard InChI is InChI=1S/C15H16N2O/c1-11-4-5-13(8-12(11)2)6-7-15(18)14-9-16-17(3)10-14/h4-10H,1-3H3/b7-6+. The second kappa shape index (κ2) is 5.00. The maximum absolute atomic E-state index is 11.8. The number of nitrogens with zero attached hydrogens (tertiary/aromatic N) is 2. The summed E-state index contributed by atoms with van der Waals surface area (Å²) >= 11 is 0. The first kappa shape index (κ1) is 12.3. The molecule has 0 aliphatic heterocycles. The van der Waals surface area contributed by atoms with Crippen molar-refractivity contribution in [1.82, 2.24) is 9.78 Å². The number of aromatic nitrogens is 2. The minimum Gasteiger partial charge on any atom is -0.289 e. The molecule has 0 saturated carbocycles. The molecule has 0 aliphatic rings. The van der Waals surface area contributed by atoms with Gasteiger partial charge in [0, 0.05) is 13.2 Å². The summed E-state index contributed by atoms with van der Waals surface area (Å²) in [6, 6.07) is 6.14. The number of aryl methyl sites for hydroxylation is 3. The van der Waals surface area contributed by atoms with Crippen molar-refractivity contribution in [3.63, 3.8) is 0 Å². The Hall–Kier alpha value is -2.16. The summed E-state index contributed by atoms with van der Waals surface area (Å²) in [6.07, 6.45) is 6.71. The van der Waals surface area contributed by atoms with Crippen molar-refractivity contribution < 1.29 is 4.79 Å². The molecular formula is C15H16N2O. The van der Waals surface area contributed by atoms with Crippen LogP contribution in [-0.2, 0) is 7.05 Å². The Kier molecular flexibility index (Phi) is 3.42. The van der Waals surface area contributed by atoms with Crippen molar-refractivity contribution in [2.45, 2.75) is 13.8 Å². The highest BCUT2D eigenvalue weighted by atomic mass is 16.1. The van der Waals surface area contributed by atoms with Crippen LogP contribution in [0.1, 0.15) is 27.0 Å². The minimum atomic E-state index is -0.0265. The number of benzene rings is 1. The monoisotopic (exact) mass is 240 g/mol. The van der Waals surface area contributed by atoms with Gasteiger partial charge in [0.15, 0.2) is 5.78 Å². The van der Waals surface area contributed by atoms with Gasteiger partial charge in [-0.1, -0.05) is 24.3 Å². The molecule has 0 fully saturated rings. The number of carbonyl (C=O) groups excluding carboxylic acids is 1. The van der Waals surface area contributed by atoms with Gasteiger partial charge in [-0.25, -0.2) is 0 Å². The third-order valence-electron chi connectivity index (χ3n) is 2.95. The van der Waals surface area contributed by atoms with Gasteiger partial charge in [0.2, 0.25) is 0 Å². The fourth-order valence-electron chi connectivity index (χ4n) is 1.68. The molecule has 0 unspecified atom stereocenters. The summed E-state index contributed by atoms with van der Waals surface area (Å²) in [5.41, 5.74) is 4.13. The van der Waals surface area contributed by atoms with Crippen molar-refractivity contribution in [3.05, 3.63) is 58.9 Å². The highest BCUT2D eigenvalue weighted by Crippen LogP contribution is 2.11. The number of ketones is 1. The molecule has 2 rings (SSSR count). The Morgan fingerprint density at radius 1 is 1.28 bits per heavy atom. The molecule has 0 N–H and O–H groups in total. The van der Waals surface area contributed by atoms with E-state index in [4.69, 9.17) is 0 Å². The highest BCUT2D eigenvalue weighted by molar-refractivity contribution is 6.06. The average molecular weight is 240 g/mol. The topological polar surface area (TPSA) is 34.9 Å². The van der Waals surface area contributed by atoms with E-state index in [0.717, 1.165) is 5.56 Å². The predicted molar refractivity (Wildman–Crippen MR) is 72.5 cm³/mol. The smallest absolute Gasteiger partial charge is 0.189 e. The van der Waals surface area contributed by atoms with Crippen LogP contribution < -0.4 is 0 Å². The molecule has 0 bridgehead atoms. The van der Waals surface area contributed by atoms with Crippen molar-refractivity contribution >= 4 is 11.9 Å². The van der Waals surface area contributed by atoms with Gasteiger partial charge < -0.3 is 0 Å². The van der Waals surface area contributed by atoms with Gasteiger partial charge in [-0.15, -0.1) is 0 Å².